The lowest BCUT2D eigenvalue weighted by Crippen LogP contribution is -2.13. The predicted octanol–water partition coefficient (Wildman–Crippen LogP) is 2.57. The van der Waals surface area contributed by atoms with E-state index in [1.165, 1.54) is 12.8 Å². The highest BCUT2D eigenvalue weighted by Crippen LogP contribution is 2.26. The molecule has 0 saturated heterocycles. The Morgan fingerprint density at radius 3 is 2.73 bits per heavy atom. The van der Waals surface area contributed by atoms with Crippen molar-refractivity contribution in [3.05, 3.63) is 29.8 Å². The number of carbonyl (C=O) groups is 1. The van der Waals surface area contributed by atoms with Crippen LogP contribution in [0, 0.1) is 5.92 Å². The molecule has 0 aromatic heterocycles. The van der Waals surface area contributed by atoms with E-state index in [1.54, 1.807) is 0 Å². The van der Waals surface area contributed by atoms with Crippen LogP contribution in [-0.4, -0.2) is 5.78 Å². The second kappa shape index (κ2) is 4.47. The van der Waals surface area contributed by atoms with Crippen LogP contribution >= 0.6 is 0 Å². The van der Waals surface area contributed by atoms with Crippen LogP contribution in [0.3, 0.4) is 0 Å². The van der Waals surface area contributed by atoms with Gasteiger partial charge in [0.2, 0.25) is 0 Å². The molecule has 0 bridgehead atoms. The van der Waals surface area contributed by atoms with E-state index in [2.05, 4.69) is 0 Å². The SMILES string of the molecule is Nc1cccc(CC(=O)C2CCCC2)c1. The number of carbonyl (C=O) groups excluding carboxylic acids is 1. The average molecular weight is 203 g/mol. The van der Waals surface area contributed by atoms with Gasteiger partial charge in [-0.1, -0.05) is 25.0 Å². The Morgan fingerprint density at radius 2 is 2.07 bits per heavy atom. The van der Waals surface area contributed by atoms with Crippen LogP contribution in [-0.2, 0) is 11.2 Å². The first-order valence-electron chi connectivity index (χ1n) is 5.63. The molecule has 2 heteroatoms. The minimum atomic E-state index is 0.312. The zero-order chi connectivity index (χ0) is 10.7. The first-order chi connectivity index (χ1) is 7.25. The number of nitrogens with two attached hydrogens (primary N) is 1. The third kappa shape index (κ3) is 2.58. The topological polar surface area (TPSA) is 43.1 Å². The highest BCUT2D eigenvalue weighted by atomic mass is 16.1. The van der Waals surface area contributed by atoms with Gasteiger partial charge >= 0.3 is 0 Å². The van der Waals surface area contributed by atoms with Gasteiger partial charge in [-0.25, -0.2) is 0 Å². The van der Waals surface area contributed by atoms with Crippen molar-refractivity contribution in [3.63, 3.8) is 0 Å². The summed E-state index contributed by atoms with van der Waals surface area (Å²) >= 11 is 0. The molecule has 2 N–H and O–H groups in total. The van der Waals surface area contributed by atoms with Gasteiger partial charge in [-0.2, -0.15) is 0 Å². The molecule has 0 radical (unpaired) electrons. The molecule has 1 aliphatic carbocycles. The number of nitrogen functional groups attached to an aromatic ring is 1. The maximum absolute atomic E-state index is 11.9. The lowest BCUT2D eigenvalue weighted by Gasteiger charge is -2.07. The fourth-order valence-corrected chi connectivity index (χ4v) is 2.30. The fourth-order valence-electron chi connectivity index (χ4n) is 2.30. The maximum Gasteiger partial charge on any atom is 0.140 e. The molecule has 2 rings (SSSR count). The summed E-state index contributed by atoms with van der Waals surface area (Å²) < 4.78 is 0. The second-order valence-corrected chi connectivity index (χ2v) is 4.37. The van der Waals surface area contributed by atoms with Crippen molar-refractivity contribution in [1.82, 2.24) is 0 Å². The van der Waals surface area contributed by atoms with Gasteiger partial charge in [-0.3, -0.25) is 4.79 Å². The van der Waals surface area contributed by atoms with Crippen molar-refractivity contribution in [2.24, 2.45) is 5.92 Å². The monoisotopic (exact) mass is 203 g/mol. The van der Waals surface area contributed by atoms with Crippen LogP contribution in [0.5, 0.6) is 0 Å². The molecular weight excluding hydrogens is 186 g/mol. The van der Waals surface area contributed by atoms with Crippen LogP contribution in [0.25, 0.3) is 0 Å². The Morgan fingerprint density at radius 1 is 1.33 bits per heavy atom. The molecule has 0 aliphatic heterocycles. The molecule has 0 atom stereocenters. The van der Waals surface area contributed by atoms with Crippen LogP contribution < -0.4 is 5.73 Å². The van der Waals surface area contributed by atoms with Gasteiger partial charge in [0.05, 0.1) is 0 Å². The van der Waals surface area contributed by atoms with E-state index in [0.29, 0.717) is 18.1 Å². The van der Waals surface area contributed by atoms with E-state index in [9.17, 15) is 4.79 Å². The summed E-state index contributed by atoms with van der Waals surface area (Å²) in [5.41, 5.74) is 7.47. The van der Waals surface area contributed by atoms with Gasteiger partial charge in [0.1, 0.15) is 5.78 Å². The smallest absolute Gasteiger partial charge is 0.140 e. The van der Waals surface area contributed by atoms with Gasteiger partial charge in [-0.05, 0) is 30.5 Å². The van der Waals surface area contributed by atoms with Gasteiger partial charge in [0.15, 0.2) is 0 Å². The lowest BCUT2D eigenvalue weighted by atomic mass is 9.96. The Bertz CT molecular complexity index is 353. The minimum Gasteiger partial charge on any atom is -0.399 e. The molecule has 1 saturated carbocycles. The normalized spacial score (nSPS) is 16.8. The number of hydrogen-bond donors (Lipinski definition) is 1. The van der Waals surface area contributed by atoms with Crippen molar-refractivity contribution >= 4 is 11.5 Å². The first kappa shape index (κ1) is 10.2. The van der Waals surface area contributed by atoms with E-state index in [4.69, 9.17) is 5.73 Å². The first-order valence-corrected chi connectivity index (χ1v) is 5.63. The highest BCUT2D eigenvalue weighted by molar-refractivity contribution is 5.83. The van der Waals surface area contributed by atoms with Crippen LogP contribution in [0.2, 0.25) is 0 Å². The van der Waals surface area contributed by atoms with Crippen molar-refractivity contribution in [2.45, 2.75) is 32.1 Å². The average Bonchev–Trinajstić information content (AvgIpc) is 2.70. The standard InChI is InChI=1S/C13H17NO/c14-12-7-3-4-10(8-12)9-13(15)11-5-1-2-6-11/h3-4,7-8,11H,1-2,5-6,9,14H2. The second-order valence-electron chi connectivity index (χ2n) is 4.37. The molecule has 1 fully saturated rings. The molecule has 80 valence electrons. The zero-order valence-electron chi connectivity index (χ0n) is 8.91. The van der Waals surface area contributed by atoms with E-state index < -0.39 is 0 Å². The zero-order valence-corrected chi connectivity index (χ0v) is 8.91. The minimum absolute atomic E-state index is 0.312. The number of Topliss-reactive ketones (excluding diaryl/α,β-unsaturated/α-hetero) is 1. The third-order valence-corrected chi connectivity index (χ3v) is 3.14. The summed E-state index contributed by atoms with van der Waals surface area (Å²) in [4.78, 5) is 11.9. The number of ketones is 1. The largest absolute Gasteiger partial charge is 0.399 e. The molecule has 1 aliphatic rings. The van der Waals surface area contributed by atoms with Crippen molar-refractivity contribution < 1.29 is 4.79 Å². The Kier molecular flexibility index (Phi) is 3.05. The van der Waals surface area contributed by atoms with Gasteiger partial charge in [0, 0.05) is 18.0 Å². The van der Waals surface area contributed by atoms with E-state index in [1.807, 2.05) is 24.3 Å². The molecule has 0 amide bonds. The maximum atomic E-state index is 11.9. The Balaban J connectivity index is 1.99. The van der Waals surface area contributed by atoms with Gasteiger partial charge < -0.3 is 5.73 Å². The number of rotatable bonds is 3. The summed E-state index contributed by atoms with van der Waals surface area (Å²) in [7, 11) is 0. The Hall–Kier alpha value is -1.31. The predicted molar refractivity (Wildman–Crippen MR) is 61.5 cm³/mol. The van der Waals surface area contributed by atoms with Gasteiger partial charge in [-0.15, -0.1) is 0 Å². The molecule has 1 aromatic rings. The number of hydrogen-bond acceptors (Lipinski definition) is 2. The fraction of sp³-hybridized carbons (Fsp3) is 0.462. The summed E-state index contributed by atoms with van der Waals surface area (Å²) in [6, 6.07) is 7.63. The molecule has 0 unspecified atom stereocenters. The quantitative estimate of drug-likeness (QED) is 0.767. The van der Waals surface area contributed by atoms with Crippen molar-refractivity contribution in [1.29, 1.82) is 0 Å². The van der Waals surface area contributed by atoms with Crippen LogP contribution in [0.4, 0.5) is 5.69 Å². The van der Waals surface area contributed by atoms with Crippen molar-refractivity contribution in [2.75, 3.05) is 5.73 Å². The van der Waals surface area contributed by atoms with E-state index in [-0.39, 0.29) is 0 Å². The van der Waals surface area contributed by atoms with E-state index in [0.717, 1.165) is 24.1 Å². The Labute approximate surface area is 90.5 Å². The van der Waals surface area contributed by atoms with Crippen LogP contribution in [0.1, 0.15) is 31.2 Å². The molecule has 15 heavy (non-hydrogen) atoms. The number of anilines is 1. The molecule has 0 heterocycles. The molecule has 1 aromatic carbocycles. The molecule has 2 nitrogen and oxygen atoms in total. The summed E-state index contributed by atoms with van der Waals surface area (Å²) in [5.74, 6) is 0.699. The summed E-state index contributed by atoms with van der Waals surface area (Å²) in [6.07, 6.45) is 5.15. The third-order valence-electron chi connectivity index (χ3n) is 3.14. The van der Waals surface area contributed by atoms with Crippen LogP contribution in [0.15, 0.2) is 24.3 Å². The molecule has 0 spiro atoms. The van der Waals surface area contributed by atoms with Crippen molar-refractivity contribution in [3.8, 4) is 0 Å². The van der Waals surface area contributed by atoms with Gasteiger partial charge in [0.25, 0.3) is 0 Å². The highest BCUT2D eigenvalue weighted by Gasteiger charge is 2.22. The lowest BCUT2D eigenvalue weighted by molar-refractivity contribution is -0.122. The van der Waals surface area contributed by atoms with E-state index >= 15 is 0 Å². The number of benzene rings is 1. The summed E-state index contributed by atoms with van der Waals surface area (Å²) in [6.45, 7) is 0. The molecular formula is C13H17NO. The summed E-state index contributed by atoms with van der Waals surface area (Å²) in [5, 5.41) is 0.